The molecule has 2 rings (SSSR count). The molecule has 0 bridgehead atoms. The maximum absolute atomic E-state index is 11.9. The zero-order valence-electron chi connectivity index (χ0n) is 11.2. The number of furan rings is 1. The predicted octanol–water partition coefficient (Wildman–Crippen LogP) is 2.03. The molecule has 6 nitrogen and oxygen atoms in total. The van der Waals surface area contributed by atoms with Crippen LogP contribution in [0.2, 0.25) is 0 Å². The monoisotopic (exact) mass is 307 g/mol. The van der Waals surface area contributed by atoms with Crippen LogP contribution >= 0.6 is 0 Å². The first kappa shape index (κ1) is 15.0. The predicted molar refractivity (Wildman–Crippen MR) is 76.8 cm³/mol. The van der Waals surface area contributed by atoms with E-state index in [1.54, 1.807) is 18.2 Å². The summed E-state index contributed by atoms with van der Waals surface area (Å²) in [6.45, 7) is 1.89. The Labute approximate surface area is 123 Å². The molecule has 21 heavy (non-hydrogen) atoms. The van der Waals surface area contributed by atoms with Crippen LogP contribution in [0.3, 0.4) is 0 Å². The van der Waals surface area contributed by atoms with Gasteiger partial charge in [-0.05, 0) is 36.8 Å². The summed E-state index contributed by atoms with van der Waals surface area (Å²) in [5.74, 6) is -2.30. The van der Waals surface area contributed by atoms with Gasteiger partial charge in [0.2, 0.25) is 11.7 Å². The standard InChI is InChI=1S/C14H13NO5S/c1-9-3-2-4-10(7-9)15-12(16)8-21(19)13-6-5-11(20-13)14(17)18/h2-7H,8H2,1H3,(H,15,16)(H,17,18). The van der Waals surface area contributed by atoms with Gasteiger partial charge in [-0.1, -0.05) is 12.1 Å². The minimum atomic E-state index is -1.73. The van der Waals surface area contributed by atoms with E-state index in [9.17, 15) is 13.8 Å². The maximum atomic E-state index is 11.9. The largest absolute Gasteiger partial charge is 0.475 e. The summed E-state index contributed by atoms with van der Waals surface area (Å²) >= 11 is 0. The molecule has 1 heterocycles. The first-order valence-electron chi connectivity index (χ1n) is 6.04. The van der Waals surface area contributed by atoms with Gasteiger partial charge >= 0.3 is 5.97 Å². The molecule has 0 fully saturated rings. The first-order valence-corrected chi connectivity index (χ1v) is 7.35. The Kier molecular flexibility index (Phi) is 4.54. The molecular formula is C14H13NO5S. The molecule has 1 unspecified atom stereocenters. The summed E-state index contributed by atoms with van der Waals surface area (Å²) in [6, 6.07) is 9.70. The maximum Gasteiger partial charge on any atom is 0.371 e. The van der Waals surface area contributed by atoms with Crippen LogP contribution in [0.15, 0.2) is 45.9 Å². The van der Waals surface area contributed by atoms with Gasteiger partial charge in [-0.2, -0.15) is 0 Å². The van der Waals surface area contributed by atoms with E-state index in [0.29, 0.717) is 5.69 Å². The molecular weight excluding hydrogens is 294 g/mol. The molecule has 0 aliphatic heterocycles. The molecule has 1 aromatic carbocycles. The van der Waals surface area contributed by atoms with E-state index < -0.39 is 22.7 Å². The Morgan fingerprint density at radius 3 is 2.67 bits per heavy atom. The smallest absolute Gasteiger partial charge is 0.371 e. The Hall–Kier alpha value is -2.41. The van der Waals surface area contributed by atoms with Crippen molar-refractivity contribution in [3.63, 3.8) is 0 Å². The van der Waals surface area contributed by atoms with Gasteiger partial charge in [0, 0.05) is 5.69 Å². The second-order valence-electron chi connectivity index (χ2n) is 4.33. The third-order valence-electron chi connectivity index (χ3n) is 2.58. The van der Waals surface area contributed by atoms with Gasteiger partial charge in [0.1, 0.15) is 5.75 Å². The van der Waals surface area contributed by atoms with E-state index in [1.807, 2.05) is 13.0 Å². The van der Waals surface area contributed by atoms with E-state index in [1.165, 1.54) is 12.1 Å². The number of aromatic carboxylic acids is 1. The lowest BCUT2D eigenvalue weighted by Crippen LogP contribution is -2.19. The number of aryl methyl sites for hydroxylation is 1. The van der Waals surface area contributed by atoms with Crippen molar-refractivity contribution in [2.75, 3.05) is 11.1 Å². The van der Waals surface area contributed by atoms with Crippen molar-refractivity contribution >= 4 is 28.4 Å². The molecule has 1 amide bonds. The third kappa shape index (κ3) is 4.03. The number of carbonyl (C=O) groups excluding carboxylic acids is 1. The summed E-state index contributed by atoms with van der Waals surface area (Å²) in [6.07, 6.45) is 0. The Balaban J connectivity index is 1.98. The second-order valence-corrected chi connectivity index (χ2v) is 5.71. The molecule has 0 aliphatic rings. The van der Waals surface area contributed by atoms with Crippen LogP contribution < -0.4 is 5.32 Å². The highest BCUT2D eigenvalue weighted by atomic mass is 32.2. The summed E-state index contributed by atoms with van der Waals surface area (Å²) in [4.78, 5) is 22.4. The highest BCUT2D eigenvalue weighted by Crippen LogP contribution is 2.14. The second kappa shape index (κ2) is 6.36. The number of rotatable bonds is 5. The van der Waals surface area contributed by atoms with Gasteiger partial charge in [0.25, 0.3) is 0 Å². The number of nitrogens with one attached hydrogen (secondary N) is 1. The van der Waals surface area contributed by atoms with Crippen LogP contribution in [0.5, 0.6) is 0 Å². The average molecular weight is 307 g/mol. The normalized spacial score (nSPS) is 11.9. The molecule has 2 N–H and O–H groups in total. The van der Waals surface area contributed by atoms with Crippen molar-refractivity contribution in [1.82, 2.24) is 0 Å². The average Bonchev–Trinajstić information content (AvgIpc) is 2.88. The van der Waals surface area contributed by atoms with Crippen molar-refractivity contribution in [3.05, 3.63) is 47.7 Å². The van der Waals surface area contributed by atoms with Crippen LogP contribution in [0.4, 0.5) is 5.69 Å². The zero-order chi connectivity index (χ0) is 15.4. The first-order chi connectivity index (χ1) is 9.95. The summed E-state index contributed by atoms with van der Waals surface area (Å²) in [5.41, 5.74) is 1.61. The molecule has 0 radical (unpaired) electrons. The Morgan fingerprint density at radius 1 is 1.29 bits per heavy atom. The van der Waals surface area contributed by atoms with E-state index in [4.69, 9.17) is 9.52 Å². The van der Waals surface area contributed by atoms with Crippen molar-refractivity contribution in [2.24, 2.45) is 0 Å². The quantitative estimate of drug-likeness (QED) is 0.881. The van der Waals surface area contributed by atoms with Crippen molar-refractivity contribution < 1.29 is 23.3 Å². The van der Waals surface area contributed by atoms with E-state index in [-0.39, 0.29) is 16.6 Å². The van der Waals surface area contributed by atoms with Gasteiger partial charge in [0.05, 0.1) is 10.8 Å². The van der Waals surface area contributed by atoms with Crippen molar-refractivity contribution in [1.29, 1.82) is 0 Å². The fraction of sp³-hybridized carbons (Fsp3) is 0.143. The van der Waals surface area contributed by atoms with Crippen LogP contribution in [-0.4, -0.2) is 26.9 Å². The van der Waals surface area contributed by atoms with Crippen LogP contribution in [-0.2, 0) is 15.6 Å². The van der Waals surface area contributed by atoms with Crippen LogP contribution in [0.1, 0.15) is 16.1 Å². The van der Waals surface area contributed by atoms with E-state index in [0.717, 1.165) is 5.56 Å². The number of carbonyl (C=O) groups is 2. The molecule has 0 aliphatic carbocycles. The number of benzene rings is 1. The molecule has 1 aromatic heterocycles. The van der Waals surface area contributed by atoms with Gasteiger partial charge in [0.15, 0.2) is 5.09 Å². The summed E-state index contributed by atoms with van der Waals surface area (Å²) in [5, 5.41) is 11.3. The number of carboxylic acids is 1. The van der Waals surface area contributed by atoms with Crippen LogP contribution in [0.25, 0.3) is 0 Å². The van der Waals surface area contributed by atoms with Crippen LogP contribution in [0, 0.1) is 6.92 Å². The minimum absolute atomic E-state index is 0.0354. The topological polar surface area (TPSA) is 96.6 Å². The third-order valence-corrected chi connectivity index (χ3v) is 3.77. The zero-order valence-corrected chi connectivity index (χ0v) is 12.0. The molecule has 2 aromatic rings. The van der Waals surface area contributed by atoms with Gasteiger partial charge in [-0.3, -0.25) is 9.00 Å². The SMILES string of the molecule is Cc1cccc(NC(=O)CS(=O)c2ccc(C(=O)O)o2)c1. The number of carboxylic acid groups (broad SMARTS) is 1. The molecule has 110 valence electrons. The minimum Gasteiger partial charge on any atom is -0.475 e. The Morgan fingerprint density at radius 2 is 2.05 bits per heavy atom. The Bertz CT molecular complexity index is 707. The highest BCUT2D eigenvalue weighted by Gasteiger charge is 2.16. The van der Waals surface area contributed by atoms with Crippen molar-refractivity contribution in [3.8, 4) is 0 Å². The number of hydrogen-bond acceptors (Lipinski definition) is 4. The van der Waals surface area contributed by atoms with Gasteiger partial charge in [-0.15, -0.1) is 0 Å². The lowest BCUT2D eigenvalue weighted by atomic mass is 10.2. The number of anilines is 1. The van der Waals surface area contributed by atoms with E-state index >= 15 is 0 Å². The molecule has 7 heteroatoms. The summed E-state index contributed by atoms with van der Waals surface area (Å²) in [7, 11) is -1.73. The fourth-order valence-electron chi connectivity index (χ4n) is 1.67. The lowest BCUT2D eigenvalue weighted by Gasteiger charge is -2.05. The molecule has 0 spiro atoms. The summed E-state index contributed by atoms with van der Waals surface area (Å²) < 4.78 is 16.8. The van der Waals surface area contributed by atoms with Crippen molar-refractivity contribution in [2.45, 2.75) is 12.0 Å². The van der Waals surface area contributed by atoms with E-state index in [2.05, 4.69) is 5.32 Å². The molecule has 0 saturated carbocycles. The number of amides is 1. The lowest BCUT2D eigenvalue weighted by molar-refractivity contribution is -0.113. The fourth-order valence-corrected chi connectivity index (χ4v) is 2.52. The van der Waals surface area contributed by atoms with Gasteiger partial charge < -0.3 is 14.8 Å². The van der Waals surface area contributed by atoms with Gasteiger partial charge in [-0.25, -0.2) is 4.79 Å². The number of hydrogen-bond donors (Lipinski definition) is 2. The highest BCUT2D eigenvalue weighted by molar-refractivity contribution is 7.85. The molecule has 1 atom stereocenters. The molecule has 0 saturated heterocycles.